The highest BCUT2D eigenvalue weighted by Gasteiger charge is 2.38. The first-order valence-corrected chi connectivity index (χ1v) is 11.9. The molecule has 0 atom stereocenters. The largest absolute Gasteiger partial charge is 0.325 e. The zero-order chi connectivity index (χ0) is 22.0. The highest BCUT2D eigenvalue weighted by molar-refractivity contribution is 9.10. The Balaban J connectivity index is 1.80. The van der Waals surface area contributed by atoms with Gasteiger partial charge in [-0.15, -0.1) is 0 Å². The number of nitrogens with zero attached hydrogens (tertiary/aromatic N) is 2. The van der Waals surface area contributed by atoms with Crippen LogP contribution in [-0.4, -0.2) is 23.3 Å². The van der Waals surface area contributed by atoms with Crippen molar-refractivity contribution in [2.75, 3.05) is 5.32 Å². The molecule has 0 unspecified atom stereocenters. The van der Waals surface area contributed by atoms with Gasteiger partial charge in [-0.1, -0.05) is 30.3 Å². The number of amides is 1. The summed E-state index contributed by atoms with van der Waals surface area (Å²) in [7, 11) is -3.92. The molecule has 1 aliphatic rings. The van der Waals surface area contributed by atoms with Crippen LogP contribution in [0.5, 0.6) is 0 Å². The number of aromatic nitrogens is 2. The summed E-state index contributed by atoms with van der Waals surface area (Å²) in [5.74, 6) is -0.0819. The first-order valence-electron chi connectivity index (χ1n) is 9.64. The molecule has 0 radical (unpaired) electrons. The molecule has 0 bridgehead atoms. The third-order valence-electron chi connectivity index (χ3n) is 5.69. The summed E-state index contributed by atoms with van der Waals surface area (Å²) in [4.78, 5) is 16.9. The topological polar surface area (TPSA) is 81.1 Å². The quantitative estimate of drug-likeness (QED) is 0.436. The molecule has 31 heavy (non-hydrogen) atoms. The van der Waals surface area contributed by atoms with Crippen molar-refractivity contribution in [3.63, 3.8) is 0 Å². The van der Waals surface area contributed by atoms with Gasteiger partial charge < -0.3 is 5.32 Å². The van der Waals surface area contributed by atoms with Crippen LogP contribution in [0.25, 0.3) is 22.3 Å². The van der Waals surface area contributed by atoms with E-state index in [0.717, 1.165) is 10.0 Å². The van der Waals surface area contributed by atoms with Crippen LogP contribution in [0.3, 0.4) is 0 Å². The summed E-state index contributed by atoms with van der Waals surface area (Å²) in [6, 6.07) is 17.4. The van der Waals surface area contributed by atoms with Crippen LogP contribution < -0.4 is 5.32 Å². The maximum Gasteiger partial charge on any atom is 0.269 e. The monoisotopic (exact) mass is 495 g/mol. The molecule has 1 amide bonds. The number of halogens is 1. The maximum absolute atomic E-state index is 13.6. The summed E-state index contributed by atoms with van der Waals surface area (Å²) in [5, 5.41) is 3.59. The predicted molar refractivity (Wildman–Crippen MR) is 124 cm³/mol. The number of rotatable bonds is 3. The van der Waals surface area contributed by atoms with E-state index in [1.807, 2.05) is 32.0 Å². The second kappa shape index (κ2) is 6.77. The zero-order valence-electron chi connectivity index (χ0n) is 16.8. The maximum atomic E-state index is 13.6. The summed E-state index contributed by atoms with van der Waals surface area (Å²) in [5.41, 5.74) is 2.41. The third kappa shape index (κ3) is 2.93. The van der Waals surface area contributed by atoms with Crippen molar-refractivity contribution in [3.8, 4) is 11.3 Å². The lowest BCUT2D eigenvalue weighted by Gasteiger charge is -2.15. The Labute approximate surface area is 188 Å². The Morgan fingerprint density at radius 2 is 1.77 bits per heavy atom. The number of hydrogen-bond donors (Lipinski definition) is 1. The molecule has 0 fully saturated rings. The van der Waals surface area contributed by atoms with Gasteiger partial charge in [0.2, 0.25) is 5.91 Å². The standard InChI is InChI=1S/C23H18BrN3O3S/c1-23(2)17-9-8-14(12-19(17)26-22(23)28)20-13-16-18(24)10-11-25-21(16)27(20)31(29,30)15-6-4-3-5-7-15/h3-13H,1-2H3,(H,26,28). The SMILES string of the molecule is CC1(C)C(=O)Nc2cc(-c3cc4c(Br)ccnc4n3S(=O)(=O)c3ccccc3)ccc21. The van der Waals surface area contributed by atoms with Crippen LogP contribution in [0.2, 0.25) is 0 Å². The highest BCUT2D eigenvalue weighted by Crippen LogP contribution is 2.41. The van der Waals surface area contributed by atoms with E-state index in [1.165, 1.54) is 3.97 Å². The van der Waals surface area contributed by atoms with E-state index in [-0.39, 0.29) is 10.8 Å². The van der Waals surface area contributed by atoms with Crippen LogP contribution in [0.1, 0.15) is 19.4 Å². The van der Waals surface area contributed by atoms with Crippen molar-refractivity contribution in [1.82, 2.24) is 8.96 Å². The highest BCUT2D eigenvalue weighted by atomic mass is 79.9. The molecule has 0 saturated heterocycles. The van der Waals surface area contributed by atoms with Gasteiger partial charge in [0.25, 0.3) is 10.0 Å². The molecule has 0 saturated carbocycles. The fourth-order valence-corrected chi connectivity index (χ4v) is 5.85. The minimum Gasteiger partial charge on any atom is -0.325 e. The number of hydrogen-bond acceptors (Lipinski definition) is 4. The normalized spacial score (nSPS) is 15.1. The number of carbonyl (C=O) groups excluding carboxylic acids is 1. The molecule has 3 heterocycles. The molecule has 4 aromatic rings. The summed E-state index contributed by atoms with van der Waals surface area (Å²) in [6.07, 6.45) is 1.57. The number of anilines is 1. The first kappa shape index (κ1) is 20.0. The fourth-order valence-electron chi connectivity index (χ4n) is 3.94. The van der Waals surface area contributed by atoms with Crippen molar-refractivity contribution in [2.24, 2.45) is 0 Å². The summed E-state index contributed by atoms with van der Waals surface area (Å²) < 4.78 is 29.3. The second-order valence-electron chi connectivity index (χ2n) is 7.98. The Kier molecular flexibility index (Phi) is 4.36. The van der Waals surface area contributed by atoms with Crippen LogP contribution in [0, 0.1) is 0 Å². The van der Waals surface area contributed by atoms with Crippen LogP contribution in [0.4, 0.5) is 5.69 Å². The van der Waals surface area contributed by atoms with Crippen LogP contribution >= 0.6 is 15.9 Å². The van der Waals surface area contributed by atoms with Gasteiger partial charge in [-0.2, -0.15) is 0 Å². The Morgan fingerprint density at radius 3 is 2.52 bits per heavy atom. The second-order valence-corrected chi connectivity index (χ2v) is 10.6. The number of pyridine rings is 1. The molecule has 5 rings (SSSR count). The molecule has 1 aliphatic heterocycles. The zero-order valence-corrected chi connectivity index (χ0v) is 19.2. The summed E-state index contributed by atoms with van der Waals surface area (Å²) >= 11 is 3.51. The number of carbonyl (C=O) groups is 1. The van der Waals surface area contributed by atoms with Gasteiger partial charge in [0.15, 0.2) is 5.65 Å². The van der Waals surface area contributed by atoms with E-state index in [4.69, 9.17) is 0 Å². The molecule has 8 heteroatoms. The summed E-state index contributed by atoms with van der Waals surface area (Å²) in [6.45, 7) is 3.73. The molecule has 2 aromatic heterocycles. The molecule has 0 spiro atoms. The first-order chi connectivity index (χ1) is 14.7. The minimum atomic E-state index is -3.92. The molecule has 156 valence electrons. The smallest absolute Gasteiger partial charge is 0.269 e. The van der Waals surface area contributed by atoms with Gasteiger partial charge >= 0.3 is 0 Å². The average molecular weight is 496 g/mol. The van der Waals surface area contributed by atoms with Gasteiger partial charge in [-0.25, -0.2) is 17.4 Å². The third-order valence-corrected chi connectivity index (χ3v) is 8.10. The molecular weight excluding hydrogens is 478 g/mol. The molecule has 0 aliphatic carbocycles. The van der Waals surface area contributed by atoms with Crippen molar-refractivity contribution < 1.29 is 13.2 Å². The van der Waals surface area contributed by atoms with Gasteiger partial charge in [0.1, 0.15) is 0 Å². The van der Waals surface area contributed by atoms with Crippen molar-refractivity contribution >= 4 is 48.6 Å². The van der Waals surface area contributed by atoms with E-state index in [2.05, 4.69) is 26.2 Å². The van der Waals surface area contributed by atoms with Gasteiger partial charge in [-0.3, -0.25) is 4.79 Å². The van der Waals surface area contributed by atoms with Crippen LogP contribution in [-0.2, 0) is 20.2 Å². The average Bonchev–Trinajstić information content (AvgIpc) is 3.25. The number of fused-ring (bicyclic) bond motifs is 2. The Morgan fingerprint density at radius 1 is 1.03 bits per heavy atom. The van der Waals surface area contributed by atoms with E-state index >= 15 is 0 Å². The molecular formula is C23H18BrN3O3S. The Hall–Kier alpha value is -2.97. The fraction of sp³-hybridized carbons (Fsp3) is 0.130. The minimum absolute atomic E-state index is 0.0819. The number of nitrogens with one attached hydrogen (secondary N) is 1. The van der Waals surface area contributed by atoms with E-state index in [9.17, 15) is 13.2 Å². The van der Waals surface area contributed by atoms with Gasteiger partial charge in [-0.05, 0) is 65.7 Å². The lowest BCUT2D eigenvalue weighted by atomic mass is 9.86. The lowest BCUT2D eigenvalue weighted by Crippen LogP contribution is -2.26. The van der Waals surface area contributed by atoms with Gasteiger partial charge in [0.05, 0.1) is 16.0 Å². The van der Waals surface area contributed by atoms with E-state index < -0.39 is 15.4 Å². The van der Waals surface area contributed by atoms with Crippen LogP contribution in [0.15, 0.2) is 76.2 Å². The Bertz CT molecular complexity index is 1470. The molecule has 6 nitrogen and oxygen atoms in total. The van der Waals surface area contributed by atoms with E-state index in [0.29, 0.717) is 28.0 Å². The van der Waals surface area contributed by atoms with Crippen molar-refractivity contribution in [2.45, 2.75) is 24.2 Å². The predicted octanol–water partition coefficient (Wildman–Crippen LogP) is 4.93. The number of benzene rings is 2. The lowest BCUT2D eigenvalue weighted by molar-refractivity contribution is -0.119. The van der Waals surface area contributed by atoms with Crippen molar-refractivity contribution in [1.29, 1.82) is 0 Å². The van der Waals surface area contributed by atoms with Gasteiger partial charge in [0, 0.05) is 27.3 Å². The molecule has 1 N–H and O–H groups in total. The van der Waals surface area contributed by atoms with Crippen molar-refractivity contribution in [3.05, 3.63) is 76.9 Å². The molecule has 2 aromatic carbocycles. The van der Waals surface area contributed by atoms with E-state index in [1.54, 1.807) is 48.7 Å².